The summed E-state index contributed by atoms with van der Waals surface area (Å²) in [4.78, 5) is 12.4. The van der Waals surface area contributed by atoms with Gasteiger partial charge >= 0.3 is 0 Å². The molecule has 2 rings (SSSR count). The average Bonchev–Trinajstić information content (AvgIpc) is 2.54. The molecular weight excluding hydrogens is 415 g/mol. The Bertz CT molecular complexity index is 851. The number of carbonyl (C=O) groups excluding carboxylic acids is 1. The number of rotatable bonds is 4. The van der Waals surface area contributed by atoms with Crippen LogP contribution in [-0.2, 0) is 4.79 Å². The second kappa shape index (κ2) is 7.97. The number of aryl methyl sites for hydroxylation is 2. The van der Waals surface area contributed by atoms with Crippen molar-refractivity contribution in [1.82, 2.24) is 0 Å². The van der Waals surface area contributed by atoms with E-state index >= 15 is 0 Å². The maximum atomic E-state index is 12.4. The van der Waals surface area contributed by atoms with Gasteiger partial charge in [0.15, 0.2) is 0 Å². The number of nitrogens with zero attached hydrogens (tertiary/aromatic N) is 1. The smallest absolute Gasteiger partial charge is 0.266 e. The molecule has 0 fully saturated rings. The van der Waals surface area contributed by atoms with Gasteiger partial charge in [0.2, 0.25) is 0 Å². The van der Waals surface area contributed by atoms with Crippen LogP contribution in [0, 0.1) is 28.7 Å². The minimum absolute atomic E-state index is 0.0408. The maximum Gasteiger partial charge on any atom is 0.266 e. The number of hydrogen-bond acceptors (Lipinski definition) is 3. The van der Waals surface area contributed by atoms with E-state index in [0.29, 0.717) is 11.4 Å². The highest BCUT2D eigenvalue weighted by Crippen LogP contribution is 2.21. The van der Waals surface area contributed by atoms with Gasteiger partial charge in [0.25, 0.3) is 5.91 Å². The summed E-state index contributed by atoms with van der Waals surface area (Å²) >= 11 is 2.16. The predicted molar refractivity (Wildman–Crippen MR) is 104 cm³/mol. The first-order valence-electron chi connectivity index (χ1n) is 7.28. The molecule has 0 heterocycles. The minimum Gasteiger partial charge on any atom is -0.497 e. The van der Waals surface area contributed by atoms with E-state index in [1.165, 1.54) is 0 Å². The van der Waals surface area contributed by atoms with Crippen molar-refractivity contribution < 1.29 is 9.53 Å². The topological polar surface area (TPSA) is 62.1 Å². The van der Waals surface area contributed by atoms with Gasteiger partial charge in [0.1, 0.15) is 17.4 Å². The number of anilines is 1. The molecule has 1 N–H and O–H groups in total. The number of halogens is 1. The van der Waals surface area contributed by atoms with E-state index in [1.807, 2.05) is 50.2 Å². The molecule has 122 valence electrons. The zero-order valence-electron chi connectivity index (χ0n) is 13.7. The van der Waals surface area contributed by atoms with Crippen molar-refractivity contribution in [3.05, 3.63) is 62.2 Å². The van der Waals surface area contributed by atoms with Crippen LogP contribution in [0.5, 0.6) is 5.75 Å². The van der Waals surface area contributed by atoms with Crippen molar-refractivity contribution in [3.63, 3.8) is 0 Å². The fourth-order valence-corrected chi connectivity index (χ4v) is 2.91. The Labute approximate surface area is 155 Å². The van der Waals surface area contributed by atoms with Gasteiger partial charge in [-0.1, -0.05) is 17.7 Å². The number of hydrogen-bond donors (Lipinski definition) is 1. The van der Waals surface area contributed by atoms with Crippen molar-refractivity contribution in [2.45, 2.75) is 13.8 Å². The molecule has 24 heavy (non-hydrogen) atoms. The molecule has 2 aromatic carbocycles. The molecule has 1 amide bonds. The highest BCUT2D eigenvalue weighted by molar-refractivity contribution is 14.1. The lowest BCUT2D eigenvalue weighted by Crippen LogP contribution is -2.14. The fraction of sp³-hybridized carbons (Fsp3) is 0.158. The van der Waals surface area contributed by atoms with Gasteiger partial charge < -0.3 is 10.1 Å². The van der Waals surface area contributed by atoms with E-state index in [1.54, 1.807) is 19.3 Å². The van der Waals surface area contributed by atoms with Gasteiger partial charge in [-0.2, -0.15) is 5.26 Å². The summed E-state index contributed by atoms with van der Waals surface area (Å²) in [6.07, 6.45) is 1.56. The molecule has 0 aliphatic rings. The summed E-state index contributed by atoms with van der Waals surface area (Å²) in [5, 5.41) is 12.1. The summed E-state index contributed by atoms with van der Waals surface area (Å²) in [5.74, 6) is 0.252. The Morgan fingerprint density at radius 2 is 2.00 bits per heavy atom. The van der Waals surface area contributed by atoms with Crippen molar-refractivity contribution in [2.75, 3.05) is 12.4 Å². The Morgan fingerprint density at radius 3 is 2.62 bits per heavy atom. The van der Waals surface area contributed by atoms with Gasteiger partial charge in [0.05, 0.1) is 7.11 Å². The van der Waals surface area contributed by atoms with E-state index in [-0.39, 0.29) is 5.57 Å². The van der Waals surface area contributed by atoms with Crippen LogP contribution in [0.4, 0.5) is 5.69 Å². The summed E-state index contributed by atoms with van der Waals surface area (Å²) < 4.78 is 6.18. The minimum atomic E-state index is -0.428. The Morgan fingerprint density at radius 1 is 1.25 bits per heavy atom. The molecule has 0 atom stereocenters. The van der Waals surface area contributed by atoms with Gasteiger partial charge in [-0.15, -0.1) is 0 Å². The molecule has 0 aromatic heterocycles. The van der Waals surface area contributed by atoms with Gasteiger partial charge in [-0.25, -0.2) is 0 Å². The third kappa shape index (κ3) is 4.59. The molecule has 0 aliphatic heterocycles. The second-order valence-corrected chi connectivity index (χ2v) is 6.61. The molecule has 0 radical (unpaired) electrons. The van der Waals surface area contributed by atoms with E-state index in [0.717, 1.165) is 20.3 Å². The number of carbonyl (C=O) groups is 1. The van der Waals surface area contributed by atoms with E-state index in [9.17, 15) is 10.1 Å². The largest absolute Gasteiger partial charge is 0.497 e. The van der Waals surface area contributed by atoms with Crippen LogP contribution in [0.3, 0.4) is 0 Å². The SMILES string of the molecule is COc1cc(I)cc(/C=C(\C#N)C(=O)Nc2ccc(C)cc2C)c1. The lowest BCUT2D eigenvalue weighted by atomic mass is 10.1. The van der Waals surface area contributed by atoms with Crippen LogP contribution in [0.2, 0.25) is 0 Å². The molecule has 0 aliphatic carbocycles. The zero-order valence-corrected chi connectivity index (χ0v) is 15.8. The third-order valence-electron chi connectivity index (χ3n) is 3.44. The van der Waals surface area contributed by atoms with E-state index in [4.69, 9.17) is 4.74 Å². The van der Waals surface area contributed by atoms with Crippen LogP contribution in [0.1, 0.15) is 16.7 Å². The summed E-state index contributed by atoms with van der Waals surface area (Å²) in [5.41, 5.74) is 3.56. The maximum absolute atomic E-state index is 12.4. The predicted octanol–water partition coefficient (Wildman–Crippen LogP) is 4.46. The number of nitrogens with one attached hydrogen (secondary N) is 1. The van der Waals surface area contributed by atoms with Crippen molar-refractivity contribution in [2.24, 2.45) is 0 Å². The van der Waals surface area contributed by atoms with Crippen LogP contribution in [0.15, 0.2) is 42.0 Å². The molecule has 4 nitrogen and oxygen atoms in total. The monoisotopic (exact) mass is 432 g/mol. The molecular formula is C19H17IN2O2. The highest BCUT2D eigenvalue weighted by atomic mass is 127. The lowest BCUT2D eigenvalue weighted by Gasteiger charge is -2.09. The Kier molecular flexibility index (Phi) is 5.99. The normalized spacial score (nSPS) is 10.9. The first kappa shape index (κ1) is 18.0. The molecule has 0 saturated carbocycles. The standard InChI is InChI=1S/C19H17IN2O2/c1-12-4-5-18(13(2)6-12)22-19(23)15(11-21)7-14-8-16(20)10-17(9-14)24-3/h4-10H,1-3H3,(H,22,23)/b15-7+. The van der Waals surface area contributed by atoms with Crippen molar-refractivity contribution in [1.29, 1.82) is 5.26 Å². The Balaban J connectivity index is 2.29. The van der Waals surface area contributed by atoms with Gasteiger partial charge in [-0.3, -0.25) is 4.79 Å². The van der Waals surface area contributed by atoms with E-state index in [2.05, 4.69) is 27.9 Å². The first-order chi connectivity index (χ1) is 11.4. The summed E-state index contributed by atoms with van der Waals surface area (Å²) in [6, 6.07) is 13.2. The molecule has 0 unspecified atom stereocenters. The fourth-order valence-electron chi connectivity index (χ4n) is 2.24. The molecule has 0 saturated heterocycles. The third-order valence-corrected chi connectivity index (χ3v) is 4.06. The second-order valence-electron chi connectivity index (χ2n) is 5.37. The number of benzene rings is 2. The number of nitriles is 1. The van der Waals surface area contributed by atoms with Crippen LogP contribution >= 0.6 is 22.6 Å². The average molecular weight is 432 g/mol. The van der Waals surface area contributed by atoms with Crippen molar-refractivity contribution in [3.8, 4) is 11.8 Å². The number of ether oxygens (including phenoxy) is 1. The summed E-state index contributed by atoms with van der Waals surface area (Å²) in [6.45, 7) is 3.91. The van der Waals surface area contributed by atoms with Gasteiger partial charge in [-0.05, 0) is 77.9 Å². The Hall–Kier alpha value is -2.33. The van der Waals surface area contributed by atoms with Crippen molar-refractivity contribution >= 4 is 40.3 Å². The molecule has 2 aromatic rings. The van der Waals surface area contributed by atoms with Crippen LogP contribution in [0.25, 0.3) is 6.08 Å². The van der Waals surface area contributed by atoms with Crippen LogP contribution in [-0.4, -0.2) is 13.0 Å². The molecule has 0 spiro atoms. The number of amides is 1. The molecule has 5 heteroatoms. The quantitative estimate of drug-likeness (QED) is 0.441. The van der Waals surface area contributed by atoms with Crippen LogP contribution < -0.4 is 10.1 Å². The lowest BCUT2D eigenvalue weighted by molar-refractivity contribution is -0.112. The number of methoxy groups -OCH3 is 1. The van der Waals surface area contributed by atoms with E-state index < -0.39 is 5.91 Å². The highest BCUT2D eigenvalue weighted by Gasteiger charge is 2.11. The summed E-state index contributed by atoms with van der Waals surface area (Å²) in [7, 11) is 1.58. The van der Waals surface area contributed by atoms with Gasteiger partial charge in [0, 0.05) is 9.26 Å². The zero-order chi connectivity index (χ0) is 17.7. The molecule has 0 bridgehead atoms. The first-order valence-corrected chi connectivity index (χ1v) is 8.36.